The zero-order valence-electron chi connectivity index (χ0n) is 18.9. The van der Waals surface area contributed by atoms with Gasteiger partial charge in [-0.25, -0.2) is 8.42 Å². The Kier molecular flexibility index (Phi) is 8.75. The molecule has 2 fully saturated rings. The highest BCUT2D eigenvalue weighted by atomic mass is 32.2. The van der Waals surface area contributed by atoms with Crippen LogP contribution in [-0.2, 0) is 19.6 Å². The molecule has 32 heavy (non-hydrogen) atoms. The van der Waals surface area contributed by atoms with Crippen LogP contribution < -0.4 is 14.9 Å². The van der Waals surface area contributed by atoms with Crippen LogP contribution >= 0.6 is 0 Å². The number of nitrogens with zero attached hydrogens (tertiary/aromatic N) is 3. The average Bonchev–Trinajstić information content (AvgIpc) is 2.78. The summed E-state index contributed by atoms with van der Waals surface area (Å²) in [5, 5.41) is 2.84. The Labute approximate surface area is 191 Å². The number of hydrogen-bond acceptors (Lipinski definition) is 6. The summed E-state index contributed by atoms with van der Waals surface area (Å²) >= 11 is 0. The van der Waals surface area contributed by atoms with Gasteiger partial charge in [0.2, 0.25) is 21.8 Å². The van der Waals surface area contributed by atoms with Gasteiger partial charge < -0.3 is 15.1 Å². The number of carbonyl (C=O) groups is 2. The van der Waals surface area contributed by atoms with E-state index < -0.39 is 21.7 Å². The maximum atomic E-state index is 12.5. The molecule has 0 radical (unpaired) electrons. The number of anilines is 2. The van der Waals surface area contributed by atoms with E-state index in [9.17, 15) is 18.0 Å². The topological polar surface area (TPSA) is 102 Å². The molecule has 178 valence electrons. The van der Waals surface area contributed by atoms with E-state index in [-0.39, 0.29) is 5.91 Å². The summed E-state index contributed by atoms with van der Waals surface area (Å²) in [6.07, 6.45) is 4.50. The van der Waals surface area contributed by atoms with Crippen molar-refractivity contribution in [2.24, 2.45) is 0 Å². The van der Waals surface area contributed by atoms with Crippen molar-refractivity contribution >= 4 is 33.2 Å². The molecule has 0 unspecified atom stereocenters. The van der Waals surface area contributed by atoms with Crippen LogP contribution in [0.25, 0.3) is 0 Å². The fourth-order valence-corrected chi connectivity index (χ4v) is 5.12. The second-order valence-electron chi connectivity index (χ2n) is 8.46. The molecule has 0 aromatic heterocycles. The highest BCUT2D eigenvalue weighted by molar-refractivity contribution is 7.93. The number of benzene rings is 1. The molecule has 2 amide bonds. The minimum Gasteiger partial charge on any atom is -0.372 e. The zero-order valence-corrected chi connectivity index (χ0v) is 19.7. The van der Waals surface area contributed by atoms with Gasteiger partial charge in [0.15, 0.2) is 0 Å². The van der Waals surface area contributed by atoms with Crippen molar-refractivity contribution in [3.05, 3.63) is 24.3 Å². The second kappa shape index (κ2) is 11.5. The van der Waals surface area contributed by atoms with Crippen molar-refractivity contribution in [1.82, 2.24) is 15.1 Å². The number of sulfonamides is 1. The van der Waals surface area contributed by atoms with Crippen molar-refractivity contribution in [2.75, 3.05) is 67.7 Å². The molecular formula is C22H35N5O4S. The molecule has 2 saturated heterocycles. The molecule has 2 N–H and O–H groups in total. The van der Waals surface area contributed by atoms with Crippen molar-refractivity contribution in [1.29, 1.82) is 0 Å². The highest BCUT2D eigenvalue weighted by Crippen LogP contribution is 2.22. The number of piperidine rings is 1. The van der Waals surface area contributed by atoms with Gasteiger partial charge in [-0.05, 0) is 49.9 Å². The lowest BCUT2D eigenvalue weighted by atomic mass is 10.1. The van der Waals surface area contributed by atoms with E-state index in [2.05, 4.69) is 14.9 Å². The third-order valence-corrected chi connectivity index (χ3v) is 7.01. The van der Waals surface area contributed by atoms with E-state index in [0.717, 1.165) is 25.2 Å². The highest BCUT2D eigenvalue weighted by Gasteiger charge is 2.26. The van der Waals surface area contributed by atoms with Crippen LogP contribution in [0.3, 0.4) is 0 Å². The first-order valence-electron chi connectivity index (χ1n) is 11.5. The average molecular weight is 466 g/mol. The number of carbonyl (C=O) groups excluding carboxylic acids is 2. The maximum Gasteiger partial charge on any atom is 0.241 e. The number of nitrogens with one attached hydrogen (secondary N) is 2. The van der Waals surface area contributed by atoms with Gasteiger partial charge >= 0.3 is 0 Å². The van der Waals surface area contributed by atoms with Crippen molar-refractivity contribution in [3.8, 4) is 0 Å². The molecule has 1 aromatic rings. The normalized spacial score (nSPS) is 17.8. The first-order valence-corrected chi connectivity index (χ1v) is 13.1. The van der Waals surface area contributed by atoms with Gasteiger partial charge in [0.05, 0.1) is 6.54 Å². The molecule has 0 aliphatic carbocycles. The lowest BCUT2D eigenvalue weighted by Gasteiger charge is -2.34. The lowest BCUT2D eigenvalue weighted by Crippen LogP contribution is -2.52. The molecule has 0 atom stereocenters. The number of rotatable bonds is 9. The second-order valence-corrected chi connectivity index (χ2v) is 10.2. The van der Waals surface area contributed by atoms with E-state index in [1.54, 1.807) is 17.0 Å². The van der Waals surface area contributed by atoms with E-state index >= 15 is 0 Å². The number of piperazine rings is 1. The molecule has 2 aliphatic heterocycles. The molecule has 2 aliphatic rings. The molecular weight excluding hydrogens is 430 g/mol. The minimum absolute atomic E-state index is 0.0234. The zero-order chi connectivity index (χ0) is 23.0. The Morgan fingerprint density at radius 3 is 2.22 bits per heavy atom. The van der Waals surface area contributed by atoms with E-state index in [1.165, 1.54) is 19.3 Å². The van der Waals surface area contributed by atoms with Crippen molar-refractivity contribution in [2.45, 2.75) is 32.6 Å². The molecule has 1 aromatic carbocycles. The lowest BCUT2D eigenvalue weighted by molar-refractivity contribution is -0.130. The SMILES string of the molecule is CCCNC(=O)CN1CCN(C(=O)CS(=O)(=O)Nc2ccc(N3CCCCC3)cc2)CC1. The Balaban J connectivity index is 1.45. The minimum atomic E-state index is -3.80. The monoisotopic (exact) mass is 465 g/mol. The summed E-state index contributed by atoms with van der Waals surface area (Å²) in [5.74, 6) is -1.03. The summed E-state index contributed by atoms with van der Waals surface area (Å²) in [6.45, 7) is 6.94. The third-order valence-electron chi connectivity index (χ3n) is 5.84. The Morgan fingerprint density at radius 2 is 1.59 bits per heavy atom. The van der Waals surface area contributed by atoms with Gasteiger partial charge in [-0.2, -0.15) is 0 Å². The molecule has 2 heterocycles. The third kappa shape index (κ3) is 7.37. The largest absolute Gasteiger partial charge is 0.372 e. The first kappa shape index (κ1) is 24.3. The van der Waals surface area contributed by atoms with Gasteiger partial charge in [0.25, 0.3) is 0 Å². The van der Waals surface area contributed by atoms with Crippen molar-refractivity contribution < 1.29 is 18.0 Å². The molecule has 9 nitrogen and oxygen atoms in total. The Bertz CT molecular complexity index is 861. The smallest absolute Gasteiger partial charge is 0.241 e. The van der Waals surface area contributed by atoms with E-state index in [1.807, 2.05) is 24.0 Å². The molecule has 0 bridgehead atoms. The standard InChI is InChI=1S/C22H35N5O4S/c1-2-10-23-21(28)17-25-13-15-27(16-14-25)22(29)18-32(30,31)24-19-6-8-20(9-7-19)26-11-4-3-5-12-26/h6-9,24H,2-5,10-18H2,1H3,(H,23,28). The fraction of sp³-hybridized carbons (Fsp3) is 0.636. The molecule has 0 spiro atoms. The maximum absolute atomic E-state index is 12.5. The summed E-state index contributed by atoms with van der Waals surface area (Å²) in [4.78, 5) is 30.2. The van der Waals surface area contributed by atoms with Crippen LogP contribution in [0.4, 0.5) is 11.4 Å². The molecule has 0 saturated carbocycles. The van der Waals surface area contributed by atoms with Gasteiger partial charge in [0.1, 0.15) is 5.75 Å². The van der Waals surface area contributed by atoms with Crippen LogP contribution in [0.1, 0.15) is 32.6 Å². The van der Waals surface area contributed by atoms with Gasteiger partial charge in [0, 0.05) is 57.2 Å². The van der Waals surface area contributed by atoms with Gasteiger partial charge in [-0.1, -0.05) is 6.92 Å². The summed E-state index contributed by atoms with van der Waals surface area (Å²) in [7, 11) is -3.80. The predicted octanol–water partition coefficient (Wildman–Crippen LogP) is 1.09. The summed E-state index contributed by atoms with van der Waals surface area (Å²) < 4.78 is 27.6. The van der Waals surface area contributed by atoms with E-state index in [0.29, 0.717) is 45.0 Å². The van der Waals surface area contributed by atoms with Crippen LogP contribution in [0.5, 0.6) is 0 Å². The van der Waals surface area contributed by atoms with Crippen LogP contribution in [-0.4, -0.2) is 88.1 Å². The molecule has 3 rings (SSSR count). The van der Waals surface area contributed by atoms with Crippen LogP contribution in [0, 0.1) is 0 Å². The van der Waals surface area contributed by atoms with Crippen LogP contribution in [0.2, 0.25) is 0 Å². The molecule has 10 heteroatoms. The number of amides is 2. The fourth-order valence-electron chi connectivity index (χ4n) is 4.04. The van der Waals surface area contributed by atoms with Gasteiger partial charge in [-0.15, -0.1) is 0 Å². The Morgan fingerprint density at radius 1 is 0.938 bits per heavy atom. The van der Waals surface area contributed by atoms with Crippen LogP contribution in [0.15, 0.2) is 24.3 Å². The Hall–Kier alpha value is -2.33. The van der Waals surface area contributed by atoms with Gasteiger partial charge in [-0.3, -0.25) is 19.2 Å². The quantitative estimate of drug-likeness (QED) is 0.566. The summed E-state index contributed by atoms with van der Waals surface area (Å²) in [5.41, 5.74) is 1.55. The van der Waals surface area contributed by atoms with Crippen molar-refractivity contribution in [3.63, 3.8) is 0 Å². The summed E-state index contributed by atoms with van der Waals surface area (Å²) in [6, 6.07) is 7.32. The number of hydrogen-bond donors (Lipinski definition) is 2. The predicted molar refractivity (Wildman–Crippen MR) is 126 cm³/mol. The first-order chi connectivity index (χ1) is 15.4. The van der Waals surface area contributed by atoms with E-state index in [4.69, 9.17) is 0 Å².